The molecule has 0 aliphatic rings. The molecule has 1 heterocycles. The molecule has 0 aliphatic heterocycles. The normalized spacial score (nSPS) is 11.8. The van der Waals surface area contributed by atoms with Gasteiger partial charge in [0, 0.05) is 59.7 Å². The van der Waals surface area contributed by atoms with Crippen LogP contribution in [0.5, 0.6) is 0 Å². The van der Waals surface area contributed by atoms with E-state index in [0.717, 1.165) is 22.7 Å². The molecule has 0 bridgehead atoms. The van der Waals surface area contributed by atoms with Crippen molar-refractivity contribution in [2.24, 2.45) is 0 Å². The van der Waals surface area contributed by atoms with Crippen molar-refractivity contribution in [1.29, 1.82) is 0 Å². The first-order valence-electron chi connectivity index (χ1n) is 17.6. The van der Waals surface area contributed by atoms with Crippen LogP contribution in [-0.2, 0) is 0 Å². The van der Waals surface area contributed by atoms with Crippen LogP contribution in [0.3, 0.4) is 0 Å². The van der Waals surface area contributed by atoms with Crippen molar-refractivity contribution in [3.63, 3.8) is 0 Å². The molecule has 0 amide bonds. The van der Waals surface area contributed by atoms with Crippen LogP contribution in [0, 0.1) is 0 Å². The topological polar surface area (TPSA) is 6.48 Å². The van der Waals surface area contributed by atoms with Gasteiger partial charge >= 0.3 is 0 Å². The van der Waals surface area contributed by atoms with E-state index >= 15 is 0 Å². The van der Waals surface area contributed by atoms with Crippen molar-refractivity contribution in [3.8, 4) is 0 Å². The molecule has 9 aromatic rings. The summed E-state index contributed by atoms with van der Waals surface area (Å²) in [6, 6.07) is 64.3. The Balaban J connectivity index is 1.24. The Morgan fingerprint density at radius 2 is 0.824 bits per heavy atom. The number of anilines is 6. The van der Waals surface area contributed by atoms with Crippen LogP contribution < -0.4 is 15.0 Å². The standard InChI is InChI=1S/C47H38N2SSi/c1-51(2,3)39-27-23-36(24-28-39)49(35-19-11-6-12-20-35)38-26-30-43-45(32-38)50-47-42-29-25-37(31-44(42)40-21-13-14-22-41(40)46(43)47)48(33-15-7-4-8-16-33)34-17-9-5-10-18-34/h4-32H,1-3H3. The number of hydrogen-bond acceptors (Lipinski definition) is 3. The summed E-state index contributed by atoms with van der Waals surface area (Å²) in [5, 5.41) is 9.25. The van der Waals surface area contributed by atoms with Crippen molar-refractivity contribution in [2.45, 2.75) is 19.6 Å². The molecule has 1 aromatic heterocycles. The second-order valence-corrected chi connectivity index (χ2v) is 20.4. The summed E-state index contributed by atoms with van der Waals surface area (Å²) in [4.78, 5) is 4.74. The number of nitrogens with zero attached hydrogens (tertiary/aromatic N) is 2. The third-order valence-electron chi connectivity index (χ3n) is 9.96. The molecule has 4 heteroatoms. The fraction of sp³-hybridized carbons (Fsp3) is 0.0638. The first-order valence-corrected chi connectivity index (χ1v) is 21.9. The van der Waals surface area contributed by atoms with Gasteiger partial charge in [-0.15, -0.1) is 11.3 Å². The molecule has 0 atom stereocenters. The van der Waals surface area contributed by atoms with E-state index in [0.29, 0.717) is 0 Å². The van der Waals surface area contributed by atoms with Gasteiger partial charge in [-0.1, -0.05) is 128 Å². The first kappa shape index (κ1) is 31.3. The second kappa shape index (κ2) is 12.6. The van der Waals surface area contributed by atoms with E-state index in [1.807, 2.05) is 11.3 Å². The van der Waals surface area contributed by atoms with Crippen LogP contribution in [0.25, 0.3) is 41.7 Å². The van der Waals surface area contributed by atoms with Crippen molar-refractivity contribution in [3.05, 3.63) is 176 Å². The highest BCUT2D eigenvalue weighted by Gasteiger charge is 2.21. The molecule has 0 unspecified atom stereocenters. The predicted octanol–water partition coefficient (Wildman–Crippen LogP) is 13.8. The lowest BCUT2D eigenvalue weighted by Crippen LogP contribution is -2.37. The Morgan fingerprint density at radius 1 is 0.373 bits per heavy atom. The highest BCUT2D eigenvalue weighted by Crippen LogP contribution is 2.47. The molecule has 0 saturated carbocycles. The zero-order chi connectivity index (χ0) is 34.5. The van der Waals surface area contributed by atoms with Crippen molar-refractivity contribution < 1.29 is 0 Å². The average molecular weight is 691 g/mol. The summed E-state index contributed by atoms with van der Waals surface area (Å²) in [6.45, 7) is 7.22. The minimum Gasteiger partial charge on any atom is -0.310 e. The van der Waals surface area contributed by atoms with Crippen LogP contribution in [0.15, 0.2) is 176 Å². The van der Waals surface area contributed by atoms with Gasteiger partial charge in [0.15, 0.2) is 0 Å². The predicted molar refractivity (Wildman–Crippen MR) is 227 cm³/mol. The molecular formula is C47H38N2SSi. The molecule has 9 rings (SSSR count). The first-order chi connectivity index (χ1) is 24.9. The van der Waals surface area contributed by atoms with Crippen molar-refractivity contribution in [2.75, 3.05) is 9.80 Å². The molecule has 246 valence electrons. The summed E-state index contributed by atoms with van der Waals surface area (Å²) < 4.78 is 2.62. The van der Waals surface area contributed by atoms with Crippen LogP contribution in [-0.4, -0.2) is 8.07 Å². The SMILES string of the molecule is C[Si](C)(C)c1ccc(N(c2ccccc2)c2ccc3c(c2)sc2c4ccc(N(c5ccccc5)c5ccccc5)cc4c4ccccc4c32)cc1. The molecule has 51 heavy (non-hydrogen) atoms. The van der Waals surface area contributed by atoms with E-state index in [2.05, 4.69) is 205 Å². The van der Waals surface area contributed by atoms with E-state index in [1.54, 1.807) is 0 Å². The fourth-order valence-electron chi connectivity index (χ4n) is 7.45. The number of benzene rings is 8. The molecule has 0 aliphatic carbocycles. The Hall–Kier alpha value is -5.68. The molecule has 0 saturated heterocycles. The van der Waals surface area contributed by atoms with Gasteiger partial charge < -0.3 is 9.80 Å². The Labute approximate surface area is 304 Å². The van der Waals surface area contributed by atoms with Crippen LogP contribution in [0.4, 0.5) is 34.1 Å². The molecule has 0 N–H and O–H groups in total. The highest BCUT2D eigenvalue weighted by atomic mass is 32.1. The van der Waals surface area contributed by atoms with Crippen LogP contribution in [0.2, 0.25) is 19.6 Å². The minimum atomic E-state index is -1.41. The zero-order valence-electron chi connectivity index (χ0n) is 29.0. The fourth-order valence-corrected chi connectivity index (χ4v) is 9.90. The summed E-state index contributed by atoms with van der Waals surface area (Å²) in [5.41, 5.74) is 6.92. The van der Waals surface area contributed by atoms with E-state index < -0.39 is 8.07 Å². The lowest BCUT2D eigenvalue weighted by molar-refractivity contribution is 1.29. The zero-order valence-corrected chi connectivity index (χ0v) is 30.9. The lowest BCUT2D eigenvalue weighted by Gasteiger charge is -2.26. The number of rotatable bonds is 7. The lowest BCUT2D eigenvalue weighted by atomic mass is 9.96. The third-order valence-corrected chi connectivity index (χ3v) is 13.2. The quantitative estimate of drug-likeness (QED) is 0.121. The van der Waals surface area contributed by atoms with E-state index in [4.69, 9.17) is 0 Å². The Bertz CT molecular complexity index is 2620. The third kappa shape index (κ3) is 5.57. The minimum absolute atomic E-state index is 1.14. The van der Waals surface area contributed by atoms with Gasteiger partial charge in [-0.05, 0) is 89.0 Å². The van der Waals surface area contributed by atoms with Gasteiger partial charge in [-0.3, -0.25) is 0 Å². The molecular weight excluding hydrogens is 653 g/mol. The Kier molecular flexibility index (Phi) is 7.72. The molecule has 0 spiro atoms. The molecule has 0 fully saturated rings. The average Bonchev–Trinajstić information content (AvgIpc) is 3.56. The summed E-state index contributed by atoms with van der Waals surface area (Å²) in [6.07, 6.45) is 0. The maximum absolute atomic E-state index is 2.41. The number of fused-ring (bicyclic) bond motifs is 8. The van der Waals surface area contributed by atoms with Crippen LogP contribution >= 0.6 is 11.3 Å². The largest absolute Gasteiger partial charge is 0.310 e. The van der Waals surface area contributed by atoms with E-state index in [-0.39, 0.29) is 0 Å². The number of hydrogen-bond donors (Lipinski definition) is 0. The summed E-state index contributed by atoms with van der Waals surface area (Å²) >= 11 is 1.91. The van der Waals surface area contributed by atoms with E-state index in [1.165, 1.54) is 58.3 Å². The van der Waals surface area contributed by atoms with E-state index in [9.17, 15) is 0 Å². The number of para-hydroxylation sites is 3. The molecule has 0 radical (unpaired) electrons. The van der Waals surface area contributed by atoms with Gasteiger partial charge in [-0.25, -0.2) is 0 Å². The molecule has 8 aromatic carbocycles. The van der Waals surface area contributed by atoms with Crippen molar-refractivity contribution in [1.82, 2.24) is 0 Å². The maximum atomic E-state index is 2.41. The number of thiophene rings is 1. The smallest absolute Gasteiger partial charge is 0.0775 e. The summed E-state index contributed by atoms with van der Waals surface area (Å²) in [5.74, 6) is 0. The molecule has 2 nitrogen and oxygen atoms in total. The van der Waals surface area contributed by atoms with Gasteiger partial charge in [0.25, 0.3) is 0 Å². The highest BCUT2D eigenvalue weighted by molar-refractivity contribution is 7.27. The van der Waals surface area contributed by atoms with Gasteiger partial charge in [0.2, 0.25) is 0 Å². The van der Waals surface area contributed by atoms with Crippen molar-refractivity contribution >= 4 is 100 Å². The second-order valence-electron chi connectivity index (χ2n) is 14.2. The van der Waals surface area contributed by atoms with Gasteiger partial charge in [-0.2, -0.15) is 0 Å². The maximum Gasteiger partial charge on any atom is 0.0775 e. The summed E-state index contributed by atoms with van der Waals surface area (Å²) in [7, 11) is -1.41. The van der Waals surface area contributed by atoms with Crippen LogP contribution in [0.1, 0.15) is 0 Å². The Morgan fingerprint density at radius 3 is 1.37 bits per heavy atom. The van der Waals surface area contributed by atoms with Gasteiger partial charge in [0.1, 0.15) is 0 Å². The monoisotopic (exact) mass is 690 g/mol. The van der Waals surface area contributed by atoms with Gasteiger partial charge in [0.05, 0.1) is 8.07 Å².